The van der Waals surface area contributed by atoms with Crippen molar-refractivity contribution in [1.29, 1.82) is 0 Å². The first-order valence-electron chi connectivity index (χ1n) is 6.46. The Balaban J connectivity index is 2.23. The van der Waals surface area contributed by atoms with Gasteiger partial charge >= 0.3 is 0 Å². The summed E-state index contributed by atoms with van der Waals surface area (Å²) in [7, 11) is 0. The van der Waals surface area contributed by atoms with Crippen molar-refractivity contribution >= 4 is 0 Å². The van der Waals surface area contributed by atoms with E-state index in [4.69, 9.17) is 0 Å². The van der Waals surface area contributed by atoms with Gasteiger partial charge in [-0.3, -0.25) is 0 Å². The molecule has 0 heterocycles. The molecule has 0 spiro atoms. The smallest absolute Gasteiger partial charge is 0.0171 e. The minimum absolute atomic E-state index is 0.764. The van der Waals surface area contributed by atoms with Crippen LogP contribution >= 0.6 is 0 Å². The Morgan fingerprint density at radius 1 is 1.07 bits per heavy atom. The quantitative estimate of drug-likeness (QED) is 0.542. The summed E-state index contributed by atoms with van der Waals surface area (Å²) in [6, 6.07) is 0. The van der Waals surface area contributed by atoms with Gasteiger partial charge in [0.1, 0.15) is 0 Å². The molecule has 0 N–H and O–H groups in total. The Hall–Kier alpha value is -0.520. The Kier molecular flexibility index (Phi) is 3.04. The number of rotatable bonds is 1. The predicted octanol–water partition coefficient (Wildman–Crippen LogP) is 4.73. The van der Waals surface area contributed by atoms with Gasteiger partial charge in [-0.05, 0) is 56.8 Å². The lowest BCUT2D eigenvalue weighted by atomic mass is 9.88. The van der Waals surface area contributed by atoms with Crippen LogP contribution < -0.4 is 0 Å². The molecule has 0 aromatic heterocycles. The predicted molar refractivity (Wildman–Crippen MR) is 66.7 cm³/mol. The molecule has 0 unspecified atom stereocenters. The lowest BCUT2D eigenvalue weighted by Gasteiger charge is -2.18. The molecule has 2 rings (SSSR count). The van der Waals surface area contributed by atoms with Crippen LogP contribution in [0.2, 0.25) is 0 Å². The number of hydrogen-bond donors (Lipinski definition) is 0. The van der Waals surface area contributed by atoms with Crippen LogP contribution in [0, 0.1) is 17.8 Å². The Labute approximate surface area is 94.5 Å². The van der Waals surface area contributed by atoms with Gasteiger partial charge in [0.2, 0.25) is 0 Å². The third-order valence-electron chi connectivity index (χ3n) is 4.56. The molecule has 0 bridgehead atoms. The average molecular weight is 204 g/mol. The molecule has 0 aliphatic heterocycles. The summed E-state index contributed by atoms with van der Waals surface area (Å²) in [4.78, 5) is 0. The third kappa shape index (κ3) is 2.04. The third-order valence-corrected chi connectivity index (χ3v) is 4.56. The standard InChI is InChI=1S/C15H24/c1-10(2)13-7-5-11(3)14-8-6-12(4)15(14)9-13/h11-13H,1,5-9H2,2-4H3/t11-,12-,13+/m1/s1. The topological polar surface area (TPSA) is 0 Å². The lowest BCUT2D eigenvalue weighted by Crippen LogP contribution is -2.04. The molecule has 2 aliphatic carbocycles. The second kappa shape index (κ2) is 4.15. The SMILES string of the molecule is C=C(C)[C@H]1CC[C@@H](C)C2=C(C1)[C@H](C)CC2. The zero-order valence-electron chi connectivity index (χ0n) is 10.5. The van der Waals surface area contributed by atoms with Gasteiger partial charge in [0.15, 0.2) is 0 Å². The van der Waals surface area contributed by atoms with Crippen molar-refractivity contribution in [3.63, 3.8) is 0 Å². The fourth-order valence-electron chi connectivity index (χ4n) is 3.33. The monoisotopic (exact) mass is 204 g/mol. The van der Waals surface area contributed by atoms with Gasteiger partial charge in [-0.15, -0.1) is 0 Å². The first-order valence-corrected chi connectivity index (χ1v) is 6.46. The summed E-state index contributed by atoms with van der Waals surface area (Å²) in [6.07, 6.45) is 6.83. The van der Waals surface area contributed by atoms with E-state index in [1.54, 1.807) is 5.57 Å². The van der Waals surface area contributed by atoms with Crippen LogP contribution in [0.25, 0.3) is 0 Å². The van der Waals surface area contributed by atoms with Crippen LogP contribution in [0.5, 0.6) is 0 Å². The van der Waals surface area contributed by atoms with Crippen LogP contribution in [0.3, 0.4) is 0 Å². The van der Waals surface area contributed by atoms with Crippen LogP contribution in [0.1, 0.15) is 52.9 Å². The molecular formula is C15H24. The maximum absolute atomic E-state index is 4.16. The second-order valence-electron chi connectivity index (χ2n) is 5.72. The molecule has 2 aliphatic rings. The fraction of sp³-hybridized carbons (Fsp3) is 0.733. The summed E-state index contributed by atoms with van der Waals surface area (Å²) < 4.78 is 0. The van der Waals surface area contributed by atoms with Crippen molar-refractivity contribution in [3.05, 3.63) is 23.3 Å². The maximum atomic E-state index is 4.16. The van der Waals surface area contributed by atoms with E-state index in [-0.39, 0.29) is 0 Å². The molecule has 0 radical (unpaired) electrons. The van der Waals surface area contributed by atoms with Gasteiger partial charge in [0.25, 0.3) is 0 Å². The first-order chi connectivity index (χ1) is 7.09. The van der Waals surface area contributed by atoms with Gasteiger partial charge in [-0.1, -0.05) is 37.1 Å². The molecule has 0 aromatic carbocycles. The summed E-state index contributed by atoms with van der Waals surface area (Å²) in [5.74, 6) is 2.46. The zero-order valence-corrected chi connectivity index (χ0v) is 10.5. The largest absolute Gasteiger partial charge is 0.0998 e. The average Bonchev–Trinajstić information content (AvgIpc) is 2.43. The molecule has 0 nitrogen and oxygen atoms in total. The highest BCUT2D eigenvalue weighted by molar-refractivity contribution is 5.27. The first kappa shape index (κ1) is 11.0. The van der Waals surface area contributed by atoms with Crippen molar-refractivity contribution in [2.75, 3.05) is 0 Å². The van der Waals surface area contributed by atoms with Crippen molar-refractivity contribution < 1.29 is 0 Å². The maximum Gasteiger partial charge on any atom is -0.0171 e. The Morgan fingerprint density at radius 3 is 2.40 bits per heavy atom. The van der Waals surface area contributed by atoms with E-state index in [0.29, 0.717) is 0 Å². The summed E-state index contributed by atoms with van der Waals surface area (Å²) >= 11 is 0. The minimum Gasteiger partial charge on any atom is -0.0998 e. The Morgan fingerprint density at radius 2 is 1.73 bits per heavy atom. The van der Waals surface area contributed by atoms with Crippen molar-refractivity contribution in [3.8, 4) is 0 Å². The second-order valence-corrected chi connectivity index (χ2v) is 5.72. The molecule has 0 aromatic rings. The van der Waals surface area contributed by atoms with Gasteiger partial charge < -0.3 is 0 Å². The van der Waals surface area contributed by atoms with Crippen molar-refractivity contribution in [2.45, 2.75) is 52.9 Å². The van der Waals surface area contributed by atoms with E-state index in [0.717, 1.165) is 17.8 Å². The summed E-state index contributed by atoms with van der Waals surface area (Å²) in [5, 5.41) is 0. The molecular weight excluding hydrogens is 180 g/mol. The van der Waals surface area contributed by atoms with E-state index in [1.807, 2.05) is 5.57 Å². The van der Waals surface area contributed by atoms with Gasteiger partial charge in [-0.25, -0.2) is 0 Å². The van der Waals surface area contributed by atoms with Gasteiger partial charge in [-0.2, -0.15) is 0 Å². The van der Waals surface area contributed by atoms with Crippen molar-refractivity contribution in [2.24, 2.45) is 17.8 Å². The highest BCUT2D eigenvalue weighted by Gasteiger charge is 2.30. The van der Waals surface area contributed by atoms with E-state index in [9.17, 15) is 0 Å². The summed E-state index contributed by atoms with van der Waals surface area (Å²) in [5.41, 5.74) is 5.01. The molecule has 0 saturated carbocycles. The highest BCUT2D eigenvalue weighted by Crippen LogP contribution is 2.45. The van der Waals surface area contributed by atoms with E-state index in [1.165, 1.54) is 37.7 Å². The normalized spacial score (nSPS) is 36.3. The van der Waals surface area contributed by atoms with Crippen LogP contribution in [-0.4, -0.2) is 0 Å². The van der Waals surface area contributed by atoms with Crippen LogP contribution in [0.15, 0.2) is 23.3 Å². The number of allylic oxidation sites excluding steroid dienone is 3. The molecule has 0 saturated heterocycles. The number of hydrogen-bond acceptors (Lipinski definition) is 0. The van der Waals surface area contributed by atoms with Crippen molar-refractivity contribution in [1.82, 2.24) is 0 Å². The molecule has 15 heavy (non-hydrogen) atoms. The van der Waals surface area contributed by atoms with E-state index in [2.05, 4.69) is 27.4 Å². The molecule has 0 fully saturated rings. The fourth-order valence-corrected chi connectivity index (χ4v) is 3.33. The molecule has 0 heteroatoms. The lowest BCUT2D eigenvalue weighted by molar-refractivity contribution is 0.476. The molecule has 0 amide bonds. The molecule has 84 valence electrons. The summed E-state index contributed by atoms with van der Waals surface area (Å²) in [6.45, 7) is 11.2. The van der Waals surface area contributed by atoms with Gasteiger partial charge in [0, 0.05) is 0 Å². The molecule has 3 atom stereocenters. The minimum atomic E-state index is 0.764. The van der Waals surface area contributed by atoms with E-state index < -0.39 is 0 Å². The Bertz CT molecular complexity index is 295. The van der Waals surface area contributed by atoms with Gasteiger partial charge in [0.05, 0.1) is 0 Å². The van der Waals surface area contributed by atoms with Crippen LogP contribution in [0.4, 0.5) is 0 Å². The highest BCUT2D eigenvalue weighted by atomic mass is 14.4. The van der Waals surface area contributed by atoms with E-state index >= 15 is 0 Å². The zero-order chi connectivity index (χ0) is 11.0. The van der Waals surface area contributed by atoms with Crippen LogP contribution in [-0.2, 0) is 0 Å².